The average molecular weight is 340 g/mol. The van der Waals surface area contributed by atoms with Gasteiger partial charge in [0.15, 0.2) is 0 Å². The lowest BCUT2D eigenvalue weighted by Crippen LogP contribution is -2.59. The third-order valence-corrected chi connectivity index (χ3v) is 5.39. The summed E-state index contributed by atoms with van der Waals surface area (Å²) in [6, 6.07) is 8.68. The summed E-state index contributed by atoms with van der Waals surface area (Å²) in [5.74, 6) is 0.00555. The first kappa shape index (κ1) is 16.1. The Morgan fingerprint density at radius 2 is 2.04 bits per heavy atom. The monoisotopic (exact) mass is 340 g/mol. The number of aromatic amines is 1. The van der Waals surface area contributed by atoms with Gasteiger partial charge in [0.2, 0.25) is 11.8 Å². The number of aromatic nitrogens is 1. The molecule has 0 aliphatic carbocycles. The van der Waals surface area contributed by atoms with Crippen molar-refractivity contribution in [1.82, 2.24) is 19.7 Å². The van der Waals surface area contributed by atoms with Crippen LogP contribution in [-0.4, -0.2) is 71.3 Å². The highest BCUT2D eigenvalue weighted by molar-refractivity contribution is 5.89. The second-order valence-electron chi connectivity index (χ2n) is 7.39. The van der Waals surface area contributed by atoms with Gasteiger partial charge >= 0.3 is 0 Å². The Morgan fingerprint density at radius 1 is 1.24 bits per heavy atom. The van der Waals surface area contributed by atoms with Gasteiger partial charge in [0.1, 0.15) is 0 Å². The Morgan fingerprint density at radius 3 is 2.80 bits per heavy atom. The number of nitrogens with zero attached hydrogens (tertiary/aromatic N) is 3. The summed E-state index contributed by atoms with van der Waals surface area (Å²) < 4.78 is 0. The number of hydrogen-bond acceptors (Lipinski definition) is 3. The molecule has 1 unspecified atom stereocenters. The van der Waals surface area contributed by atoms with Crippen molar-refractivity contribution in [2.75, 3.05) is 33.7 Å². The van der Waals surface area contributed by atoms with Gasteiger partial charge in [-0.25, -0.2) is 0 Å². The van der Waals surface area contributed by atoms with E-state index in [9.17, 15) is 9.59 Å². The number of rotatable bonds is 4. The molecule has 2 aromatic rings. The normalized spacial score (nSPS) is 21.8. The van der Waals surface area contributed by atoms with Crippen molar-refractivity contribution in [3.63, 3.8) is 0 Å². The lowest BCUT2D eigenvalue weighted by Gasteiger charge is -2.44. The molecule has 2 amide bonds. The van der Waals surface area contributed by atoms with Crippen molar-refractivity contribution in [2.24, 2.45) is 5.92 Å². The van der Waals surface area contributed by atoms with Crippen molar-refractivity contribution < 1.29 is 9.59 Å². The van der Waals surface area contributed by atoms with Crippen LogP contribution in [0.1, 0.15) is 12.0 Å². The molecule has 6 nitrogen and oxygen atoms in total. The number of H-pyrrole nitrogens is 1. The summed E-state index contributed by atoms with van der Waals surface area (Å²) in [6.45, 7) is 3.22. The Bertz CT molecular complexity index is 807. The Hall–Kier alpha value is -2.34. The van der Waals surface area contributed by atoms with E-state index in [-0.39, 0.29) is 23.8 Å². The SMILES string of the molecule is CN(C)C(=O)C1CC(=O)N(C2CN(Cc3cccc4cc[nH]c34)C2)C1. The minimum atomic E-state index is -0.177. The summed E-state index contributed by atoms with van der Waals surface area (Å²) in [5.41, 5.74) is 2.48. The maximum absolute atomic E-state index is 12.3. The summed E-state index contributed by atoms with van der Waals surface area (Å²) in [6.07, 6.45) is 2.33. The highest BCUT2D eigenvalue weighted by Crippen LogP contribution is 2.27. The van der Waals surface area contributed by atoms with Crippen LogP contribution >= 0.6 is 0 Å². The van der Waals surface area contributed by atoms with E-state index in [0.29, 0.717) is 13.0 Å². The van der Waals surface area contributed by atoms with Gasteiger partial charge in [-0.3, -0.25) is 14.5 Å². The van der Waals surface area contributed by atoms with Crippen molar-refractivity contribution in [1.29, 1.82) is 0 Å². The molecule has 1 aromatic carbocycles. The number of fused-ring (bicyclic) bond motifs is 1. The molecular formula is C19H24N4O2. The first-order chi connectivity index (χ1) is 12.0. The molecular weight excluding hydrogens is 316 g/mol. The molecule has 3 heterocycles. The predicted molar refractivity (Wildman–Crippen MR) is 95.9 cm³/mol. The van der Waals surface area contributed by atoms with Gasteiger partial charge in [-0.1, -0.05) is 18.2 Å². The van der Waals surface area contributed by atoms with E-state index in [1.54, 1.807) is 19.0 Å². The first-order valence-electron chi connectivity index (χ1n) is 8.81. The minimum Gasteiger partial charge on any atom is -0.361 e. The zero-order valence-corrected chi connectivity index (χ0v) is 14.7. The third-order valence-electron chi connectivity index (χ3n) is 5.39. The Labute approximate surface area is 147 Å². The van der Waals surface area contributed by atoms with E-state index in [4.69, 9.17) is 0 Å². The lowest BCUT2D eigenvalue weighted by atomic mass is 10.0. The fourth-order valence-electron chi connectivity index (χ4n) is 4.01. The van der Waals surface area contributed by atoms with Gasteiger partial charge in [0.25, 0.3) is 0 Å². The van der Waals surface area contributed by atoms with E-state index in [1.165, 1.54) is 16.5 Å². The maximum Gasteiger partial charge on any atom is 0.227 e. The number of carbonyl (C=O) groups is 2. The first-order valence-corrected chi connectivity index (χ1v) is 8.81. The number of nitrogens with one attached hydrogen (secondary N) is 1. The maximum atomic E-state index is 12.3. The number of para-hydroxylation sites is 1. The number of hydrogen-bond donors (Lipinski definition) is 1. The molecule has 0 saturated carbocycles. The second-order valence-corrected chi connectivity index (χ2v) is 7.39. The van der Waals surface area contributed by atoms with Crippen LogP contribution in [0, 0.1) is 5.92 Å². The molecule has 1 aromatic heterocycles. The van der Waals surface area contributed by atoms with Gasteiger partial charge < -0.3 is 14.8 Å². The molecule has 0 spiro atoms. The largest absolute Gasteiger partial charge is 0.361 e. The van der Waals surface area contributed by atoms with Crippen molar-refractivity contribution >= 4 is 22.7 Å². The minimum absolute atomic E-state index is 0.0606. The Balaban J connectivity index is 1.35. The molecule has 25 heavy (non-hydrogen) atoms. The van der Waals surface area contributed by atoms with Crippen LogP contribution in [0.5, 0.6) is 0 Å². The highest BCUT2D eigenvalue weighted by atomic mass is 16.2. The van der Waals surface area contributed by atoms with Gasteiger partial charge in [-0.05, 0) is 17.0 Å². The molecule has 2 fully saturated rings. The number of benzene rings is 1. The van der Waals surface area contributed by atoms with E-state index >= 15 is 0 Å². The van der Waals surface area contributed by atoms with Gasteiger partial charge in [0.05, 0.1) is 12.0 Å². The van der Waals surface area contributed by atoms with Crippen LogP contribution in [0.4, 0.5) is 0 Å². The highest BCUT2D eigenvalue weighted by Gasteiger charge is 2.42. The molecule has 2 aliphatic heterocycles. The predicted octanol–water partition coefficient (Wildman–Crippen LogP) is 1.29. The van der Waals surface area contributed by atoms with Crippen molar-refractivity contribution in [3.8, 4) is 0 Å². The van der Waals surface area contributed by atoms with Crippen molar-refractivity contribution in [2.45, 2.75) is 19.0 Å². The third kappa shape index (κ3) is 2.91. The fraction of sp³-hybridized carbons (Fsp3) is 0.474. The van der Waals surface area contributed by atoms with Crippen LogP contribution in [0.25, 0.3) is 10.9 Å². The summed E-state index contributed by atoms with van der Waals surface area (Å²) in [7, 11) is 3.50. The molecule has 4 rings (SSSR count). The van der Waals surface area contributed by atoms with Crippen LogP contribution in [0.15, 0.2) is 30.5 Å². The molecule has 2 saturated heterocycles. The van der Waals surface area contributed by atoms with Crippen LogP contribution in [0.2, 0.25) is 0 Å². The summed E-state index contributed by atoms with van der Waals surface area (Å²) in [5, 5.41) is 1.23. The standard InChI is InChI=1S/C19H24N4O2/c1-21(2)19(25)15-8-17(24)23(10-15)16-11-22(12-16)9-14-5-3-4-13-6-7-20-18(13)14/h3-7,15-16,20H,8-12H2,1-2H3. The summed E-state index contributed by atoms with van der Waals surface area (Å²) >= 11 is 0. The van der Waals surface area contributed by atoms with Gasteiger partial charge in [-0.2, -0.15) is 0 Å². The molecule has 1 N–H and O–H groups in total. The zero-order chi connectivity index (χ0) is 17.6. The number of carbonyl (C=O) groups excluding carboxylic acids is 2. The van der Waals surface area contributed by atoms with Crippen molar-refractivity contribution in [3.05, 3.63) is 36.0 Å². The van der Waals surface area contributed by atoms with Crippen LogP contribution < -0.4 is 0 Å². The quantitative estimate of drug-likeness (QED) is 0.912. The molecule has 1 atom stereocenters. The topological polar surface area (TPSA) is 59.7 Å². The van der Waals surface area contributed by atoms with Gasteiger partial charge in [-0.15, -0.1) is 0 Å². The molecule has 6 heteroatoms. The molecule has 132 valence electrons. The fourth-order valence-corrected chi connectivity index (χ4v) is 4.01. The van der Waals surface area contributed by atoms with Gasteiger partial charge in [0, 0.05) is 58.4 Å². The number of likely N-dealkylation sites (tertiary alicyclic amines) is 2. The number of amides is 2. The zero-order valence-electron chi connectivity index (χ0n) is 14.7. The van der Waals surface area contributed by atoms with E-state index in [0.717, 1.165) is 19.6 Å². The summed E-state index contributed by atoms with van der Waals surface area (Å²) in [4.78, 5) is 33.6. The van der Waals surface area contributed by atoms with E-state index < -0.39 is 0 Å². The molecule has 0 radical (unpaired) electrons. The van der Waals surface area contributed by atoms with Crippen LogP contribution in [0.3, 0.4) is 0 Å². The Kier molecular flexibility index (Phi) is 4.00. The van der Waals surface area contributed by atoms with E-state index in [2.05, 4.69) is 34.1 Å². The smallest absolute Gasteiger partial charge is 0.227 e. The molecule has 0 bridgehead atoms. The second kappa shape index (κ2) is 6.19. The van der Waals surface area contributed by atoms with E-state index in [1.807, 2.05) is 11.1 Å². The lowest BCUT2D eigenvalue weighted by molar-refractivity contribution is -0.134. The molecule has 2 aliphatic rings. The average Bonchev–Trinajstić information content (AvgIpc) is 3.16. The van der Waals surface area contributed by atoms with Crippen LogP contribution in [-0.2, 0) is 16.1 Å².